The lowest BCUT2D eigenvalue weighted by Gasteiger charge is -2.19. The molecule has 3 rings (SSSR count). The number of nitrogens with one attached hydrogen (secondary N) is 2. The molecule has 0 bridgehead atoms. The molecule has 1 aromatic carbocycles. The van der Waals surface area contributed by atoms with Crippen molar-refractivity contribution in [2.45, 2.75) is 5.92 Å². The summed E-state index contributed by atoms with van der Waals surface area (Å²) in [4.78, 5) is 17.5. The number of ether oxygens (including phenoxy) is 1. The molecule has 1 aliphatic heterocycles. The predicted molar refractivity (Wildman–Crippen MR) is 75.0 cm³/mol. The zero-order chi connectivity index (χ0) is 14.1. The minimum atomic E-state index is -0.276. The highest BCUT2D eigenvalue weighted by molar-refractivity contribution is 7.71. The second-order valence-electron chi connectivity index (χ2n) is 4.31. The molecule has 2 aromatic rings. The number of nitriles is 1. The van der Waals surface area contributed by atoms with Crippen LogP contribution in [0.3, 0.4) is 0 Å². The summed E-state index contributed by atoms with van der Waals surface area (Å²) in [6, 6.07) is 9.15. The first-order valence-corrected chi connectivity index (χ1v) is 6.30. The van der Waals surface area contributed by atoms with Crippen molar-refractivity contribution >= 4 is 12.2 Å². The van der Waals surface area contributed by atoms with Gasteiger partial charge in [-0.15, -0.1) is 0 Å². The van der Waals surface area contributed by atoms with Crippen LogP contribution in [0.25, 0.3) is 0 Å². The van der Waals surface area contributed by atoms with Crippen molar-refractivity contribution in [3.8, 4) is 11.9 Å². The van der Waals surface area contributed by atoms with E-state index in [0.29, 0.717) is 17.0 Å². The third kappa shape index (κ3) is 2.04. The Morgan fingerprint density at radius 3 is 2.70 bits per heavy atom. The van der Waals surface area contributed by atoms with Gasteiger partial charge in [-0.3, -0.25) is 9.78 Å². The lowest BCUT2D eigenvalue weighted by Crippen LogP contribution is -2.21. The normalized spacial score (nSPS) is 16.1. The number of hydrogen-bond donors (Lipinski definition) is 2. The highest BCUT2D eigenvalue weighted by atomic mass is 32.1. The van der Waals surface area contributed by atoms with Gasteiger partial charge in [-0.1, -0.05) is 12.1 Å². The molecular formula is C14H9N3O2S. The molecule has 1 aromatic heterocycles. The number of aromatic amines is 2. The van der Waals surface area contributed by atoms with Crippen LogP contribution in [0.1, 0.15) is 22.6 Å². The summed E-state index contributed by atoms with van der Waals surface area (Å²) >= 11 is 4.92. The molecule has 0 amide bonds. The fraction of sp³-hybridized carbons (Fsp3) is 0.0714. The monoisotopic (exact) mass is 283 g/mol. The Kier molecular flexibility index (Phi) is 2.97. The van der Waals surface area contributed by atoms with E-state index in [-0.39, 0.29) is 16.2 Å². The molecule has 0 saturated carbocycles. The number of nitrogens with zero attached hydrogens (tertiary/aromatic N) is 1. The maximum atomic E-state index is 12.1. The molecular weight excluding hydrogens is 274 g/mol. The zero-order valence-corrected chi connectivity index (χ0v) is 11.0. The molecule has 1 aliphatic rings. The van der Waals surface area contributed by atoms with Crippen molar-refractivity contribution in [2.75, 3.05) is 0 Å². The van der Waals surface area contributed by atoms with Gasteiger partial charge in [0.2, 0.25) is 5.88 Å². The summed E-state index contributed by atoms with van der Waals surface area (Å²) in [5.41, 5.74) is 1.68. The summed E-state index contributed by atoms with van der Waals surface area (Å²) < 4.78 is 5.53. The molecule has 0 fully saturated rings. The first-order chi connectivity index (χ1) is 9.69. The maximum Gasteiger partial charge on any atom is 0.259 e. The largest absolute Gasteiger partial charge is 0.448 e. The van der Waals surface area contributed by atoms with Gasteiger partial charge < -0.3 is 9.72 Å². The summed E-state index contributed by atoms with van der Waals surface area (Å²) in [7, 11) is 0. The van der Waals surface area contributed by atoms with Gasteiger partial charge in [-0.25, -0.2) is 0 Å². The number of allylic oxidation sites excluding steroid dienone is 1. The van der Waals surface area contributed by atoms with Gasteiger partial charge in [0.1, 0.15) is 0 Å². The Balaban J connectivity index is 2.15. The minimum Gasteiger partial charge on any atom is -0.448 e. The topological polar surface area (TPSA) is 81.7 Å². The second kappa shape index (κ2) is 4.79. The van der Waals surface area contributed by atoms with Crippen LogP contribution < -0.4 is 10.3 Å². The van der Waals surface area contributed by atoms with E-state index in [4.69, 9.17) is 22.2 Å². The van der Waals surface area contributed by atoms with Gasteiger partial charge in [0.05, 0.1) is 23.5 Å². The van der Waals surface area contributed by atoms with E-state index in [1.807, 2.05) is 12.1 Å². The number of fused-ring (bicyclic) bond motifs is 1. The molecule has 1 unspecified atom stereocenters. The highest BCUT2D eigenvalue weighted by Crippen LogP contribution is 2.32. The van der Waals surface area contributed by atoms with E-state index in [0.717, 1.165) is 5.56 Å². The van der Waals surface area contributed by atoms with Crippen LogP contribution in [0.2, 0.25) is 0 Å². The van der Waals surface area contributed by atoms with E-state index in [2.05, 4.69) is 16.0 Å². The van der Waals surface area contributed by atoms with Crippen molar-refractivity contribution in [1.82, 2.24) is 9.97 Å². The molecule has 98 valence electrons. The van der Waals surface area contributed by atoms with Gasteiger partial charge in [-0.05, 0) is 36.0 Å². The van der Waals surface area contributed by atoms with Crippen LogP contribution >= 0.6 is 12.2 Å². The molecule has 5 nitrogen and oxygen atoms in total. The van der Waals surface area contributed by atoms with E-state index in [1.165, 1.54) is 6.26 Å². The molecule has 1 atom stereocenters. The molecule has 0 spiro atoms. The molecule has 2 N–H and O–H groups in total. The Morgan fingerprint density at radius 2 is 2.00 bits per heavy atom. The average molecular weight is 283 g/mol. The zero-order valence-electron chi connectivity index (χ0n) is 10.2. The van der Waals surface area contributed by atoms with Crippen LogP contribution in [-0.2, 0) is 0 Å². The number of hydrogen-bond acceptors (Lipinski definition) is 4. The van der Waals surface area contributed by atoms with E-state index >= 15 is 0 Å². The molecule has 2 heterocycles. The van der Waals surface area contributed by atoms with Crippen LogP contribution in [0.15, 0.2) is 41.4 Å². The molecule has 0 radical (unpaired) electrons. The molecule has 20 heavy (non-hydrogen) atoms. The fourth-order valence-electron chi connectivity index (χ4n) is 2.18. The van der Waals surface area contributed by atoms with Crippen molar-refractivity contribution in [3.63, 3.8) is 0 Å². The van der Waals surface area contributed by atoms with E-state index < -0.39 is 0 Å². The van der Waals surface area contributed by atoms with Crippen LogP contribution in [0, 0.1) is 16.1 Å². The summed E-state index contributed by atoms with van der Waals surface area (Å²) in [5.74, 6) is 0.123. The summed E-state index contributed by atoms with van der Waals surface area (Å²) in [6.07, 6.45) is 3.31. The van der Waals surface area contributed by atoms with Crippen LogP contribution in [-0.4, -0.2) is 9.97 Å². The third-order valence-corrected chi connectivity index (χ3v) is 3.31. The summed E-state index contributed by atoms with van der Waals surface area (Å²) in [6.45, 7) is 0. The SMILES string of the molecule is N#Cc1ccc(C2C=COc3[nH]c(=S)[nH]c(=O)c32)cc1. The Hall–Kier alpha value is -2.65. The molecule has 0 saturated heterocycles. The number of rotatable bonds is 1. The predicted octanol–water partition coefficient (Wildman–Crippen LogP) is 2.34. The van der Waals surface area contributed by atoms with Crippen molar-refractivity contribution in [3.05, 3.63) is 68.4 Å². The van der Waals surface area contributed by atoms with Gasteiger partial charge in [0.15, 0.2) is 4.77 Å². The van der Waals surface area contributed by atoms with Crippen molar-refractivity contribution in [1.29, 1.82) is 5.26 Å². The first-order valence-electron chi connectivity index (χ1n) is 5.89. The van der Waals surface area contributed by atoms with Gasteiger partial charge >= 0.3 is 0 Å². The number of benzene rings is 1. The number of H-pyrrole nitrogens is 2. The average Bonchev–Trinajstić information content (AvgIpc) is 2.46. The van der Waals surface area contributed by atoms with E-state index in [9.17, 15) is 4.79 Å². The van der Waals surface area contributed by atoms with Gasteiger partial charge in [0.25, 0.3) is 5.56 Å². The van der Waals surface area contributed by atoms with Crippen LogP contribution in [0.4, 0.5) is 0 Å². The van der Waals surface area contributed by atoms with Gasteiger partial charge in [-0.2, -0.15) is 5.26 Å². The molecule has 0 aliphatic carbocycles. The fourth-order valence-corrected chi connectivity index (χ4v) is 2.36. The standard InChI is InChI=1S/C14H9N3O2S/c15-7-8-1-3-9(4-2-8)10-5-6-19-13-11(10)12(18)16-14(20)17-13/h1-6,10H,(H2,16,17,18,20). The van der Waals surface area contributed by atoms with Gasteiger partial charge in [0, 0.05) is 5.92 Å². The maximum absolute atomic E-state index is 12.1. The Bertz CT molecular complexity index is 840. The smallest absolute Gasteiger partial charge is 0.259 e. The summed E-state index contributed by atoms with van der Waals surface area (Å²) in [5, 5.41) is 8.82. The lowest BCUT2D eigenvalue weighted by molar-refractivity contribution is 0.435. The van der Waals surface area contributed by atoms with Crippen molar-refractivity contribution in [2.24, 2.45) is 0 Å². The Labute approximate surface area is 119 Å². The third-order valence-electron chi connectivity index (χ3n) is 3.11. The quantitative estimate of drug-likeness (QED) is 0.787. The molecule has 6 heteroatoms. The lowest BCUT2D eigenvalue weighted by atomic mass is 9.91. The number of aromatic nitrogens is 2. The second-order valence-corrected chi connectivity index (χ2v) is 4.72. The Morgan fingerprint density at radius 1 is 1.25 bits per heavy atom. The highest BCUT2D eigenvalue weighted by Gasteiger charge is 2.23. The van der Waals surface area contributed by atoms with E-state index in [1.54, 1.807) is 18.2 Å². The minimum absolute atomic E-state index is 0.225. The van der Waals surface area contributed by atoms with Crippen LogP contribution in [0.5, 0.6) is 5.88 Å². The van der Waals surface area contributed by atoms with Crippen molar-refractivity contribution < 1.29 is 4.74 Å². The first kappa shape index (κ1) is 12.4.